The predicted molar refractivity (Wildman–Crippen MR) is 168 cm³/mol. The molecule has 3 saturated heterocycles. The molecule has 0 saturated carbocycles. The number of methoxy groups -OCH3 is 2. The van der Waals surface area contributed by atoms with E-state index in [1.807, 2.05) is 18.2 Å². The lowest BCUT2D eigenvalue weighted by atomic mass is 9.89. The number of esters is 1. The van der Waals surface area contributed by atoms with Gasteiger partial charge in [-0.2, -0.15) is 4.31 Å². The van der Waals surface area contributed by atoms with Crippen LogP contribution in [0.2, 0.25) is 5.02 Å². The van der Waals surface area contributed by atoms with Gasteiger partial charge in [-0.3, -0.25) is 4.79 Å². The molecule has 3 aliphatic rings. The number of carbonyl (C=O) groups excluding carboxylic acids is 2. The molecule has 238 valence electrons. The molecular formula is C33H35ClFN3O6S. The summed E-state index contributed by atoms with van der Waals surface area (Å²) in [6, 6.07) is 16.0. The lowest BCUT2D eigenvalue weighted by Gasteiger charge is -2.43. The first-order chi connectivity index (χ1) is 21.6. The number of nitrogens with zero attached hydrogens (tertiary/aromatic N) is 3. The van der Waals surface area contributed by atoms with Gasteiger partial charge in [0.25, 0.3) is 5.91 Å². The Bertz CT molecular complexity index is 1720. The van der Waals surface area contributed by atoms with Crippen LogP contribution in [-0.2, 0) is 14.8 Å². The highest BCUT2D eigenvalue weighted by Gasteiger charge is 2.43. The fraction of sp³-hybridized carbons (Fsp3) is 0.394. The minimum absolute atomic E-state index is 0.0460. The molecule has 0 spiro atoms. The van der Waals surface area contributed by atoms with Gasteiger partial charge in [-0.15, -0.1) is 0 Å². The maximum Gasteiger partial charge on any atom is 0.337 e. The van der Waals surface area contributed by atoms with Crippen LogP contribution in [0.1, 0.15) is 57.9 Å². The van der Waals surface area contributed by atoms with Crippen molar-refractivity contribution >= 4 is 39.2 Å². The molecule has 0 unspecified atom stereocenters. The van der Waals surface area contributed by atoms with Crippen molar-refractivity contribution in [2.24, 2.45) is 0 Å². The van der Waals surface area contributed by atoms with Gasteiger partial charge < -0.3 is 19.3 Å². The molecule has 0 N–H and O–H groups in total. The van der Waals surface area contributed by atoms with E-state index >= 15 is 0 Å². The van der Waals surface area contributed by atoms with Crippen LogP contribution in [0.25, 0.3) is 0 Å². The molecule has 3 aromatic carbocycles. The van der Waals surface area contributed by atoms with Crippen LogP contribution >= 0.6 is 11.6 Å². The summed E-state index contributed by atoms with van der Waals surface area (Å²) in [5.74, 6) is -0.451. The van der Waals surface area contributed by atoms with Crippen LogP contribution < -0.4 is 9.64 Å². The first-order valence-electron chi connectivity index (χ1n) is 15.0. The van der Waals surface area contributed by atoms with Gasteiger partial charge in [0.05, 0.1) is 41.0 Å². The van der Waals surface area contributed by atoms with Crippen LogP contribution in [0.15, 0.2) is 65.6 Å². The van der Waals surface area contributed by atoms with Crippen LogP contribution in [-0.4, -0.2) is 82.0 Å². The maximum absolute atomic E-state index is 13.9. The number of fused-ring (bicyclic) bond motifs is 2. The van der Waals surface area contributed by atoms with Crippen LogP contribution in [0, 0.1) is 5.82 Å². The zero-order valence-electron chi connectivity index (χ0n) is 25.1. The second kappa shape index (κ2) is 12.6. The van der Waals surface area contributed by atoms with E-state index < -0.39 is 21.8 Å². The normalized spacial score (nSPS) is 20.7. The van der Waals surface area contributed by atoms with Crippen molar-refractivity contribution in [1.82, 2.24) is 9.21 Å². The van der Waals surface area contributed by atoms with Crippen molar-refractivity contribution in [1.29, 1.82) is 0 Å². The molecule has 3 heterocycles. The molecule has 45 heavy (non-hydrogen) atoms. The molecule has 2 bridgehead atoms. The first kappa shape index (κ1) is 31.3. The topological polar surface area (TPSA) is 96.5 Å². The third-order valence-electron chi connectivity index (χ3n) is 9.23. The second-order valence-corrected chi connectivity index (χ2v) is 14.1. The van der Waals surface area contributed by atoms with E-state index in [1.54, 1.807) is 36.3 Å². The van der Waals surface area contributed by atoms with Crippen LogP contribution in [0.4, 0.5) is 10.1 Å². The van der Waals surface area contributed by atoms with Crippen molar-refractivity contribution in [3.8, 4) is 5.75 Å². The first-order valence-corrected chi connectivity index (χ1v) is 16.8. The monoisotopic (exact) mass is 655 g/mol. The highest BCUT2D eigenvalue weighted by atomic mass is 35.5. The lowest BCUT2D eigenvalue weighted by Crippen LogP contribution is -2.55. The Morgan fingerprint density at radius 3 is 2.27 bits per heavy atom. The highest BCUT2D eigenvalue weighted by molar-refractivity contribution is 7.89. The third-order valence-corrected chi connectivity index (χ3v) is 11.4. The van der Waals surface area contributed by atoms with E-state index in [0.29, 0.717) is 56.0 Å². The number of halogens is 2. The Balaban J connectivity index is 1.19. The Morgan fingerprint density at radius 2 is 1.62 bits per heavy atom. The maximum atomic E-state index is 13.9. The standard InChI is InChI=1S/C33H35ClFN3O6S/c1-43-31-11-9-27(45(41,42)37-14-12-21(13-15-37)22-4-3-5-23(16-22)33(40)44-2)18-30(31)38-25-7-8-26(38)20-36(19-25)32(39)28-10-6-24(35)17-29(28)34/h3-6,9-11,16-18,21,25-26H,7-8,12-15,19-20H2,1-2H3/t25-,26+. The number of hydrogen-bond donors (Lipinski definition) is 0. The van der Waals surface area contributed by atoms with Crippen molar-refractivity contribution in [3.63, 3.8) is 0 Å². The third kappa shape index (κ3) is 6.01. The fourth-order valence-electron chi connectivity index (χ4n) is 6.94. The fourth-order valence-corrected chi connectivity index (χ4v) is 8.68. The van der Waals surface area contributed by atoms with Gasteiger partial charge in [0.15, 0.2) is 0 Å². The number of benzene rings is 3. The number of piperidine rings is 1. The summed E-state index contributed by atoms with van der Waals surface area (Å²) in [4.78, 5) is 29.4. The van der Waals surface area contributed by atoms with Gasteiger partial charge in [-0.25, -0.2) is 17.6 Å². The van der Waals surface area contributed by atoms with E-state index in [4.69, 9.17) is 21.1 Å². The Hall–Kier alpha value is -3.67. The summed E-state index contributed by atoms with van der Waals surface area (Å²) >= 11 is 6.19. The van der Waals surface area contributed by atoms with E-state index in [9.17, 15) is 22.4 Å². The zero-order valence-corrected chi connectivity index (χ0v) is 26.7. The number of carbonyl (C=O) groups is 2. The smallest absolute Gasteiger partial charge is 0.337 e. The summed E-state index contributed by atoms with van der Waals surface area (Å²) in [7, 11) is -0.886. The number of piperazine rings is 1. The number of anilines is 1. The molecule has 0 radical (unpaired) electrons. The number of hydrogen-bond acceptors (Lipinski definition) is 7. The average Bonchev–Trinajstić information content (AvgIpc) is 3.31. The van der Waals surface area contributed by atoms with E-state index in [1.165, 1.54) is 23.5 Å². The summed E-state index contributed by atoms with van der Waals surface area (Å²) in [6.45, 7) is 1.56. The molecule has 12 heteroatoms. The summed E-state index contributed by atoms with van der Waals surface area (Å²) in [5.41, 5.74) is 2.43. The molecule has 0 aromatic heterocycles. The summed E-state index contributed by atoms with van der Waals surface area (Å²) in [5, 5.41) is 0.0769. The van der Waals surface area contributed by atoms with Crippen LogP contribution in [0.3, 0.4) is 0 Å². The van der Waals surface area contributed by atoms with Crippen molar-refractivity contribution < 1.29 is 31.9 Å². The lowest BCUT2D eigenvalue weighted by molar-refractivity contribution is 0.0600. The SMILES string of the molecule is COC(=O)c1cccc(C2CCN(S(=O)(=O)c3ccc(OC)c(N4[C@@H]5CC[C@H]4CN(C(=O)c4ccc(F)cc4Cl)C5)c3)CC2)c1. The largest absolute Gasteiger partial charge is 0.495 e. The second-order valence-electron chi connectivity index (χ2n) is 11.8. The summed E-state index contributed by atoms with van der Waals surface area (Å²) in [6.07, 6.45) is 2.92. The number of amides is 1. The highest BCUT2D eigenvalue weighted by Crippen LogP contribution is 2.42. The van der Waals surface area contributed by atoms with E-state index in [2.05, 4.69) is 4.90 Å². The number of ether oxygens (including phenoxy) is 2. The van der Waals surface area contributed by atoms with Crippen molar-refractivity contribution in [2.45, 2.75) is 48.6 Å². The van der Waals surface area contributed by atoms with Gasteiger partial charge in [0.2, 0.25) is 10.0 Å². The molecule has 3 aromatic rings. The van der Waals surface area contributed by atoms with Gasteiger partial charge in [-0.05, 0) is 85.7 Å². The molecule has 3 fully saturated rings. The van der Waals surface area contributed by atoms with Gasteiger partial charge in [0.1, 0.15) is 11.6 Å². The molecule has 0 aliphatic carbocycles. The van der Waals surface area contributed by atoms with E-state index in [-0.39, 0.29) is 39.4 Å². The number of sulfonamides is 1. The summed E-state index contributed by atoms with van der Waals surface area (Å²) < 4.78 is 53.4. The van der Waals surface area contributed by atoms with Gasteiger partial charge >= 0.3 is 5.97 Å². The Morgan fingerprint density at radius 1 is 0.911 bits per heavy atom. The van der Waals surface area contributed by atoms with E-state index in [0.717, 1.165) is 24.5 Å². The molecule has 9 nitrogen and oxygen atoms in total. The molecule has 2 atom stereocenters. The molecule has 6 rings (SSSR count). The number of rotatable bonds is 7. The van der Waals surface area contributed by atoms with Crippen molar-refractivity contribution in [3.05, 3.63) is 88.2 Å². The zero-order chi connectivity index (χ0) is 31.9. The molecule has 1 amide bonds. The van der Waals surface area contributed by atoms with Gasteiger partial charge in [0, 0.05) is 38.3 Å². The Kier molecular flexibility index (Phi) is 8.78. The molecule has 3 aliphatic heterocycles. The average molecular weight is 656 g/mol. The Labute approximate surface area is 267 Å². The number of likely N-dealkylation sites (tertiary alicyclic amines) is 1. The van der Waals surface area contributed by atoms with Gasteiger partial charge in [-0.1, -0.05) is 23.7 Å². The minimum atomic E-state index is -3.80. The minimum Gasteiger partial charge on any atom is -0.495 e. The predicted octanol–water partition coefficient (Wildman–Crippen LogP) is 5.34. The quantitative estimate of drug-likeness (QED) is 0.317. The molecular weight excluding hydrogens is 621 g/mol. The van der Waals surface area contributed by atoms with Crippen molar-refractivity contribution in [2.75, 3.05) is 45.3 Å². The van der Waals surface area contributed by atoms with Crippen LogP contribution in [0.5, 0.6) is 5.75 Å².